The van der Waals surface area contributed by atoms with Crippen LogP contribution in [0, 0.1) is 0 Å². The third-order valence-corrected chi connectivity index (χ3v) is 3.36. The Morgan fingerprint density at radius 3 is 2.33 bits per heavy atom. The van der Waals surface area contributed by atoms with Gasteiger partial charge in [-0.1, -0.05) is 39.7 Å². The molecule has 0 atom stereocenters. The SMILES string of the molecule is FC(F)(F)c1ccc(Br)c(-c2cccc(Cl)c2)c1. The van der Waals surface area contributed by atoms with Gasteiger partial charge in [0.2, 0.25) is 0 Å². The summed E-state index contributed by atoms with van der Waals surface area (Å²) < 4.78 is 38.6. The number of hydrogen-bond donors (Lipinski definition) is 0. The van der Waals surface area contributed by atoms with Crippen molar-refractivity contribution < 1.29 is 13.2 Å². The largest absolute Gasteiger partial charge is 0.416 e. The summed E-state index contributed by atoms with van der Waals surface area (Å²) in [5.41, 5.74) is 0.425. The van der Waals surface area contributed by atoms with Crippen LogP contribution in [-0.2, 0) is 6.18 Å². The van der Waals surface area contributed by atoms with E-state index >= 15 is 0 Å². The molecule has 0 unspecified atom stereocenters. The molecule has 0 heterocycles. The van der Waals surface area contributed by atoms with E-state index in [-0.39, 0.29) is 0 Å². The first-order chi connectivity index (χ1) is 8.38. The van der Waals surface area contributed by atoms with Crippen molar-refractivity contribution in [3.05, 3.63) is 57.5 Å². The first-order valence-electron chi connectivity index (χ1n) is 5.00. The van der Waals surface area contributed by atoms with E-state index < -0.39 is 11.7 Å². The lowest BCUT2D eigenvalue weighted by Crippen LogP contribution is -2.04. The van der Waals surface area contributed by atoms with E-state index in [9.17, 15) is 13.2 Å². The molecule has 0 N–H and O–H groups in total. The van der Waals surface area contributed by atoms with E-state index in [2.05, 4.69) is 15.9 Å². The minimum atomic E-state index is -4.35. The van der Waals surface area contributed by atoms with Crippen LogP contribution >= 0.6 is 27.5 Å². The molecule has 0 nitrogen and oxygen atoms in total. The molecule has 18 heavy (non-hydrogen) atoms. The second-order valence-electron chi connectivity index (χ2n) is 3.70. The Morgan fingerprint density at radius 2 is 1.72 bits per heavy atom. The zero-order valence-corrected chi connectivity index (χ0v) is 11.3. The van der Waals surface area contributed by atoms with Gasteiger partial charge < -0.3 is 0 Å². The smallest absolute Gasteiger partial charge is 0.166 e. The molecule has 0 aromatic heterocycles. The van der Waals surface area contributed by atoms with Gasteiger partial charge in [0, 0.05) is 9.50 Å². The van der Waals surface area contributed by atoms with Gasteiger partial charge in [0.25, 0.3) is 0 Å². The fourth-order valence-corrected chi connectivity index (χ4v) is 2.24. The molecule has 2 aromatic rings. The van der Waals surface area contributed by atoms with Gasteiger partial charge in [-0.3, -0.25) is 0 Å². The van der Waals surface area contributed by atoms with Crippen LogP contribution in [0.15, 0.2) is 46.9 Å². The molecular formula is C13H7BrClF3. The molecule has 0 amide bonds. The molecule has 0 bridgehead atoms. The lowest BCUT2D eigenvalue weighted by atomic mass is 10.0. The fourth-order valence-electron chi connectivity index (χ4n) is 1.58. The van der Waals surface area contributed by atoms with Gasteiger partial charge in [-0.25, -0.2) is 0 Å². The first kappa shape index (κ1) is 13.4. The molecule has 0 fully saturated rings. The van der Waals surface area contributed by atoms with Crippen LogP contribution in [-0.4, -0.2) is 0 Å². The van der Waals surface area contributed by atoms with E-state index in [4.69, 9.17) is 11.6 Å². The zero-order valence-electron chi connectivity index (χ0n) is 8.93. The van der Waals surface area contributed by atoms with Crippen molar-refractivity contribution in [2.45, 2.75) is 6.18 Å². The second kappa shape index (κ2) is 4.94. The molecule has 0 aliphatic carbocycles. The van der Waals surface area contributed by atoms with Crippen LogP contribution in [0.25, 0.3) is 11.1 Å². The Bertz CT molecular complexity index is 579. The third-order valence-electron chi connectivity index (χ3n) is 2.43. The highest BCUT2D eigenvalue weighted by molar-refractivity contribution is 9.10. The van der Waals surface area contributed by atoms with Crippen molar-refractivity contribution in [3.63, 3.8) is 0 Å². The van der Waals surface area contributed by atoms with Crippen molar-refractivity contribution in [2.75, 3.05) is 0 Å². The lowest BCUT2D eigenvalue weighted by molar-refractivity contribution is -0.137. The molecule has 5 heteroatoms. The number of rotatable bonds is 1. The lowest BCUT2D eigenvalue weighted by Gasteiger charge is -2.11. The first-order valence-corrected chi connectivity index (χ1v) is 6.18. The number of halogens is 5. The van der Waals surface area contributed by atoms with E-state index in [0.717, 1.165) is 12.1 Å². The molecule has 94 valence electrons. The van der Waals surface area contributed by atoms with Crippen molar-refractivity contribution >= 4 is 27.5 Å². The summed E-state index contributed by atoms with van der Waals surface area (Å²) in [7, 11) is 0. The Balaban J connectivity index is 2.57. The summed E-state index contributed by atoms with van der Waals surface area (Å²) in [6.45, 7) is 0. The normalized spacial score (nSPS) is 11.6. The van der Waals surface area contributed by atoms with Crippen molar-refractivity contribution in [3.8, 4) is 11.1 Å². The Morgan fingerprint density at radius 1 is 1.00 bits per heavy atom. The standard InChI is InChI=1S/C13H7BrClF3/c14-12-5-4-9(13(16,17)18)7-11(12)8-2-1-3-10(15)6-8/h1-7H. The minimum Gasteiger partial charge on any atom is -0.166 e. The second-order valence-corrected chi connectivity index (χ2v) is 4.99. The average Bonchev–Trinajstić information content (AvgIpc) is 2.28. The van der Waals surface area contributed by atoms with Gasteiger partial charge in [0.05, 0.1) is 5.56 Å². The number of benzene rings is 2. The summed E-state index contributed by atoms with van der Waals surface area (Å²) in [5, 5.41) is 0.483. The average molecular weight is 336 g/mol. The van der Waals surface area contributed by atoms with Crippen LogP contribution in [0.1, 0.15) is 5.56 Å². The molecule has 2 aromatic carbocycles. The Labute approximate surface area is 116 Å². The van der Waals surface area contributed by atoms with Crippen LogP contribution in [0.2, 0.25) is 5.02 Å². The topological polar surface area (TPSA) is 0 Å². The van der Waals surface area contributed by atoms with Crippen molar-refractivity contribution in [1.82, 2.24) is 0 Å². The predicted molar refractivity (Wildman–Crippen MR) is 69.6 cm³/mol. The zero-order chi connectivity index (χ0) is 13.3. The fraction of sp³-hybridized carbons (Fsp3) is 0.0769. The highest BCUT2D eigenvalue weighted by atomic mass is 79.9. The Kier molecular flexibility index (Phi) is 3.69. The highest BCUT2D eigenvalue weighted by Gasteiger charge is 2.30. The van der Waals surface area contributed by atoms with E-state index in [1.165, 1.54) is 6.07 Å². The summed E-state index contributed by atoms with van der Waals surface area (Å²) in [6.07, 6.45) is -4.35. The maximum Gasteiger partial charge on any atom is 0.416 e. The molecular weight excluding hydrogens is 328 g/mol. The summed E-state index contributed by atoms with van der Waals surface area (Å²) >= 11 is 9.09. The Hall–Kier alpha value is -1.00. The van der Waals surface area contributed by atoms with Crippen LogP contribution in [0.4, 0.5) is 13.2 Å². The van der Waals surface area contributed by atoms with Gasteiger partial charge >= 0.3 is 6.18 Å². The van der Waals surface area contributed by atoms with E-state index in [1.807, 2.05) is 0 Å². The monoisotopic (exact) mass is 334 g/mol. The van der Waals surface area contributed by atoms with Gasteiger partial charge in [-0.15, -0.1) is 0 Å². The maximum absolute atomic E-state index is 12.7. The highest BCUT2D eigenvalue weighted by Crippen LogP contribution is 2.36. The molecule has 0 aliphatic rings. The molecule has 0 radical (unpaired) electrons. The molecule has 0 aliphatic heterocycles. The summed E-state index contributed by atoms with van der Waals surface area (Å²) in [4.78, 5) is 0. The molecule has 0 spiro atoms. The number of alkyl halides is 3. The van der Waals surface area contributed by atoms with Crippen LogP contribution < -0.4 is 0 Å². The van der Waals surface area contributed by atoms with Gasteiger partial charge in [-0.2, -0.15) is 13.2 Å². The minimum absolute atomic E-state index is 0.465. The summed E-state index contributed by atoms with van der Waals surface area (Å²) in [5.74, 6) is 0. The molecule has 2 rings (SSSR count). The third kappa shape index (κ3) is 2.87. The van der Waals surface area contributed by atoms with Gasteiger partial charge in [0.15, 0.2) is 0 Å². The number of hydrogen-bond acceptors (Lipinski definition) is 0. The quantitative estimate of drug-likeness (QED) is 0.619. The van der Waals surface area contributed by atoms with Gasteiger partial charge in [-0.05, 0) is 41.5 Å². The van der Waals surface area contributed by atoms with Crippen molar-refractivity contribution in [1.29, 1.82) is 0 Å². The van der Waals surface area contributed by atoms with Crippen molar-refractivity contribution in [2.24, 2.45) is 0 Å². The van der Waals surface area contributed by atoms with Crippen LogP contribution in [0.3, 0.4) is 0 Å². The predicted octanol–water partition coefficient (Wildman–Crippen LogP) is 5.79. The van der Waals surface area contributed by atoms with E-state index in [1.54, 1.807) is 24.3 Å². The van der Waals surface area contributed by atoms with E-state index in [0.29, 0.717) is 20.6 Å². The summed E-state index contributed by atoms with van der Waals surface area (Å²) in [6, 6.07) is 10.2. The maximum atomic E-state index is 12.7. The molecule has 0 saturated heterocycles. The van der Waals surface area contributed by atoms with Gasteiger partial charge in [0.1, 0.15) is 0 Å². The molecule has 0 saturated carbocycles. The van der Waals surface area contributed by atoms with Crippen LogP contribution in [0.5, 0.6) is 0 Å².